The van der Waals surface area contributed by atoms with Gasteiger partial charge in [-0.1, -0.05) is 0 Å². The molecule has 104 valence electrons. The second kappa shape index (κ2) is 4.78. The molecule has 3 nitrogen and oxygen atoms in total. The lowest BCUT2D eigenvalue weighted by Gasteiger charge is -2.31. The molecule has 1 aromatic heterocycles. The zero-order valence-electron chi connectivity index (χ0n) is 12.3. The molecule has 3 heteroatoms. The van der Waals surface area contributed by atoms with Crippen molar-refractivity contribution in [2.75, 3.05) is 11.4 Å². The fourth-order valence-corrected chi connectivity index (χ4v) is 3.40. The number of anilines is 1. The predicted octanol–water partition coefficient (Wildman–Crippen LogP) is 2.96. The molecule has 1 saturated heterocycles. The smallest absolute Gasteiger partial charge is 0.0600 e. The molecule has 0 aromatic carbocycles. The van der Waals surface area contributed by atoms with Gasteiger partial charge in [0.2, 0.25) is 0 Å². The van der Waals surface area contributed by atoms with Gasteiger partial charge in [0, 0.05) is 30.9 Å². The van der Waals surface area contributed by atoms with Gasteiger partial charge >= 0.3 is 0 Å². The average Bonchev–Trinajstić information content (AvgIpc) is 2.98. The summed E-state index contributed by atoms with van der Waals surface area (Å²) in [5, 5.41) is 3.59. The minimum Gasteiger partial charge on any atom is -0.367 e. The summed E-state index contributed by atoms with van der Waals surface area (Å²) in [7, 11) is 0. The first-order chi connectivity index (χ1) is 9.03. The number of hydrogen-bond acceptors (Lipinski definition) is 3. The molecule has 2 bridgehead atoms. The van der Waals surface area contributed by atoms with E-state index in [4.69, 9.17) is 0 Å². The van der Waals surface area contributed by atoms with Crippen LogP contribution in [0, 0.1) is 5.92 Å². The van der Waals surface area contributed by atoms with Gasteiger partial charge in [0.1, 0.15) is 0 Å². The second-order valence-corrected chi connectivity index (χ2v) is 7.09. The molecule has 1 aliphatic carbocycles. The molecule has 0 radical (unpaired) electrons. The minimum atomic E-state index is 0.157. The number of piperidine rings is 1. The van der Waals surface area contributed by atoms with Crippen molar-refractivity contribution in [3.63, 3.8) is 0 Å². The number of nitrogens with zero attached hydrogens (tertiary/aromatic N) is 2. The molecule has 19 heavy (non-hydrogen) atoms. The molecular formula is C16H25N3. The lowest BCUT2D eigenvalue weighted by molar-refractivity contribution is 0.423. The highest BCUT2D eigenvalue weighted by Crippen LogP contribution is 2.40. The van der Waals surface area contributed by atoms with E-state index >= 15 is 0 Å². The maximum absolute atomic E-state index is 4.35. The Balaban J connectivity index is 1.78. The SMILES string of the molecule is CC(C)(C)NCc1ccncc1N1CC2CCC1C2. The molecular weight excluding hydrogens is 234 g/mol. The van der Waals surface area contributed by atoms with Crippen LogP contribution in [0.4, 0.5) is 5.69 Å². The minimum absolute atomic E-state index is 0.157. The Morgan fingerprint density at radius 1 is 1.37 bits per heavy atom. The summed E-state index contributed by atoms with van der Waals surface area (Å²) in [4.78, 5) is 6.95. The molecule has 1 aromatic rings. The molecule has 1 saturated carbocycles. The average molecular weight is 259 g/mol. The lowest BCUT2D eigenvalue weighted by Crippen LogP contribution is -2.37. The van der Waals surface area contributed by atoms with Crippen molar-refractivity contribution in [3.05, 3.63) is 24.0 Å². The molecule has 2 aliphatic rings. The van der Waals surface area contributed by atoms with E-state index in [0.29, 0.717) is 0 Å². The highest BCUT2D eigenvalue weighted by molar-refractivity contribution is 5.54. The third-order valence-corrected chi connectivity index (χ3v) is 4.42. The summed E-state index contributed by atoms with van der Waals surface area (Å²) in [6.07, 6.45) is 8.15. The van der Waals surface area contributed by atoms with Crippen LogP contribution < -0.4 is 10.2 Å². The number of aromatic nitrogens is 1. The van der Waals surface area contributed by atoms with Gasteiger partial charge < -0.3 is 10.2 Å². The molecule has 0 spiro atoms. The lowest BCUT2D eigenvalue weighted by atomic mass is 10.1. The number of nitrogens with one attached hydrogen (secondary N) is 1. The van der Waals surface area contributed by atoms with Crippen LogP contribution in [0.2, 0.25) is 0 Å². The van der Waals surface area contributed by atoms with Crippen molar-refractivity contribution in [1.82, 2.24) is 10.3 Å². The molecule has 2 unspecified atom stereocenters. The maximum Gasteiger partial charge on any atom is 0.0600 e. The topological polar surface area (TPSA) is 28.2 Å². The van der Waals surface area contributed by atoms with E-state index in [1.54, 1.807) is 0 Å². The van der Waals surface area contributed by atoms with E-state index in [1.807, 2.05) is 6.20 Å². The Labute approximate surface area is 116 Å². The van der Waals surface area contributed by atoms with E-state index in [-0.39, 0.29) is 5.54 Å². The van der Waals surface area contributed by atoms with Gasteiger partial charge in [0.15, 0.2) is 0 Å². The van der Waals surface area contributed by atoms with Crippen LogP contribution in [0.3, 0.4) is 0 Å². The van der Waals surface area contributed by atoms with Gasteiger partial charge in [0.25, 0.3) is 0 Å². The number of pyridine rings is 1. The molecule has 2 heterocycles. The normalized spacial score (nSPS) is 26.2. The highest BCUT2D eigenvalue weighted by atomic mass is 15.2. The van der Waals surface area contributed by atoms with E-state index in [0.717, 1.165) is 18.5 Å². The molecule has 1 aliphatic heterocycles. The first-order valence-electron chi connectivity index (χ1n) is 7.47. The van der Waals surface area contributed by atoms with Crippen molar-refractivity contribution >= 4 is 5.69 Å². The van der Waals surface area contributed by atoms with Gasteiger partial charge in [-0.25, -0.2) is 0 Å². The van der Waals surface area contributed by atoms with Gasteiger partial charge in [-0.15, -0.1) is 0 Å². The van der Waals surface area contributed by atoms with Gasteiger partial charge in [-0.3, -0.25) is 4.98 Å². The number of hydrogen-bond donors (Lipinski definition) is 1. The maximum atomic E-state index is 4.35. The second-order valence-electron chi connectivity index (χ2n) is 7.09. The van der Waals surface area contributed by atoms with Crippen molar-refractivity contribution in [2.24, 2.45) is 5.92 Å². The number of rotatable bonds is 3. The largest absolute Gasteiger partial charge is 0.367 e. The summed E-state index contributed by atoms with van der Waals surface area (Å²) < 4.78 is 0. The van der Waals surface area contributed by atoms with Gasteiger partial charge in [-0.2, -0.15) is 0 Å². The third kappa shape index (κ3) is 2.76. The Bertz CT molecular complexity index is 450. The van der Waals surface area contributed by atoms with Crippen LogP contribution in [-0.4, -0.2) is 23.1 Å². The monoisotopic (exact) mass is 259 g/mol. The van der Waals surface area contributed by atoms with Crippen molar-refractivity contribution in [3.8, 4) is 0 Å². The van der Waals surface area contributed by atoms with Crippen LogP contribution in [0.5, 0.6) is 0 Å². The van der Waals surface area contributed by atoms with Crippen LogP contribution >= 0.6 is 0 Å². The summed E-state index contributed by atoms with van der Waals surface area (Å²) in [6, 6.07) is 2.93. The molecule has 0 amide bonds. The summed E-state index contributed by atoms with van der Waals surface area (Å²) in [5.41, 5.74) is 2.90. The summed E-state index contributed by atoms with van der Waals surface area (Å²) >= 11 is 0. The first kappa shape index (κ1) is 12.9. The van der Waals surface area contributed by atoms with Crippen molar-refractivity contribution in [1.29, 1.82) is 0 Å². The van der Waals surface area contributed by atoms with Crippen molar-refractivity contribution in [2.45, 2.75) is 58.2 Å². The Morgan fingerprint density at radius 2 is 2.21 bits per heavy atom. The zero-order valence-corrected chi connectivity index (χ0v) is 12.3. The van der Waals surface area contributed by atoms with Crippen LogP contribution in [0.25, 0.3) is 0 Å². The molecule has 3 rings (SSSR count). The van der Waals surface area contributed by atoms with E-state index in [9.17, 15) is 0 Å². The van der Waals surface area contributed by atoms with Crippen LogP contribution in [0.1, 0.15) is 45.6 Å². The molecule has 1 N–H and O–H groups in total. The van der Waals surface area contributed by atoms with Crippen LogP contribution in [0.15, 0.2) is 18.5 Å². The first-order valence-corrected chi connectivity index (χ1v) is 7.47. The summed E-state index contributed by atoms with van der Waals surface area (Å²) in [5.74, 6) is 0.925. The quantitative estimate of drug-likeness (QED) is 0.904. The van der Waals surface area contributed by atoms with Gasteiger partial charge in [0.05, 0.1) is 11.9 Å². The highest BCUT2D eigenvalue weighted by Gasteiger charge is 2.38. The van der Waals surface area contributed by atoms with Crippen LogP contribution in [-0.2, 0) is 6.54 Å². The Morgan fingerprint density at radius 3 is 2.84 bits per heavy atom. The van der Waals surface area contributed by atoms with Gasteiger partial charge in [-0.05, 0) is 57.6 Å². The Kier molecular flexibility index (Phi) is 3.25. The fraction of sp³-hybridized carbons (Fsp3) is 0.688. The molecule has 2 fully saturated rings. The predicted molar refractivity (Wildman–Crippen MR) is 79.3 cm³/mol. The summed E-state index contributed by atoms with van der Waals surface area (Å²) in [6.45, 7) is 8.80. The van der Waals surface area contributed by atoms with Crippen molar-refractivity contribution < 1.29 is 0 Å². The Hall–Kier alpha value is -1.09. The molecule has 2 atom stereocenters. The fourth-order valence-electron chi connectivity index (χ4n) is 3.40. The van der Waals surface area contributed by atoms with E-state index in [2.05, 4.69) is 48.2 Å². The zero-order chi connectivity index (χ0) is 13.5. The number of fused-ring (bicyclic) bond motifs is 2. The standard InChI is InChI=1S/C16H25N3/c1-16(2,3)18-9-13-6-7-17-10-15(13)19-11-12-4-5-14(19)8-12/h6-7,10,12,14,18H,4-5,8-9,11H2,1-3H3. The van der Waals surface area contributed by atoms with E-state index in [1.165, 1.54) is 37.1 Å². The third-order valence-electron chi connectivity index (χ3n) is 4.42. The van der Waals surface area contributed by atoms with E-state index < -0.39 is 0 Å².